The Bertz CT molecular complexity index is 1050. The van der Waals surface area contributed by atoms with E-state index in [9.17, 15) is 22.8 Å². The van der Waals surface area contributed by atoms with Crippen LogP contribution in [0.3, 0.4) is 0 Å². The molecule has 184 valence electrons. The van der Waals surface area contributed by atoms with Gasteiger partial charge in [-0.1, -0.05) is 0 Å². The zero-order valence-electron chi connectivity index (χ0n) is 19.5. The Balaban J connectivity index is 1.75. The van der Waals surface area contributed by atoms with Gasteiger partial charge in [-0.15, -0.1) is 0 Å². The number of carbonyl (C=O) groups is 2. The molecule has 1 saturated heterocycles. The van der Waals surface area contributed by atoms with Crippen molar-refractivity contribution < 1.29 is 27.5 Å². The highest BCUT2D eigenvalue weighted by Crippen LogP contribution is 2.31. The molecule has 0 saturated carbocycles. The van der Waals surface area contributed by atoms with Gasteiger partial charge in [0.05, 0.1) is 17.8 Å². The van der Waals surface area contributed by atoms with Gasteiger partial charge in [0.25, 0.3) is 5.91 Å². The number of esters is 1. The number of rotatable bonds is 6. The standard InChI is InChI=1S/C25H30F3N3O3/c1-25(2,3)34-22(32)13-17-11-18(26)7-8-20(17)30-24(33)15-6-9-21(19(29)12-15)31-10-4-5-16(14-31)23(27)28/h6-9,11-12,16,23H,4-5,10,13-14,29H2,1-3H3,(H,30,33). The van der Waals surface area contributed by atoms with Gasteiger partial charge < -0.3 is 20.7 Å². The quantitative estimate of drug-likeness (QED) is 0.451. The van der Waals surface area contributed by atoms with E-state index >= 15 is 0 Å². The number of alkyl halides is 2. The first-order chi connectivity index (χ1) is 15.9. The summed E-state index contributed by atoms with van der Waals surface area (Å²) in [5.74, 6) is -2.31. The van der Waals surface area contributed by atoms with E-state index in [1.807, 2.05) is 4.90 Å². The Kier molecular flexibility index (Phi) is 7.74. The summed E-state index contributed by atoms with van der Waals surface area (Å²) in [6.45, 7) is 6.00. The Labute approximate surface area is 197 Å². The number of carbonyl (C=O) groups excluding carboxylic acids is 2. The Morgan fingerprint density at radius 2 is 1.94 bits per heavy atom. The molecule has 0 bridgehead atoms. The number of benzene rings is 2. The van der Waals surface area contributed by atoms with E-state index in [-0.39, 0.29) is 29.8 Å². The average molecular weight is 478 g/mol. The zero-order chi connectivity index (χ0) is 25.0. The molecule has 1 unspecified atom stereocenters. The zero-order valence-corrected chi connectivity index (χ0v) is 19.5. The van der Waals surface area contributed by atoms with Crippen LogP contribution in [0.5, 0.6) is 0 Å². The number of nitrogens with one attached hydrogen (secondary N) is 1. The van der Waals surface area contributed by atoms with E-state index < -0.39 is 35.6 Å². The van der Waals surface area contributed by atoms with Crippen LogP contribution in [0.15, 0.2) is 36.4 Å². The largest absolute Gasteiger partial charge is 0.460 e. The molecule has 0 aromatic heterocycles. The van der Waals surface area contributed by atoms with Crippen molar-refractivity contribution in [2.75, 3.05) is 29.0 Å². The van der Waals surface area contributed by atoms with Gasteiger partial charge in [0.2, 0.25) is 6.43 Å². The first-order valence-electron chi connectivity index (χ1n) is 11.2. The van der Waals surface area contributed by atoms with Gasteiger partial charge in [0.15, 0.2) is 0 Å². The third-order valence-corrected chi connectivity index (χ3v) is 5.51. The number of ether oxygens (including phenoxy) is 1. The minimum absolute atomic E-state index is 0.205. The molecule has 2 aromatic carbocycles. The van der Waals surface area contributed by atoms with Crippen molar-refractivity contribution >= 4 is 28.9 Å². The predicted molar refractivity (Wildman–Crippen MR) is 126 cm³/mol. The SMILES string of the molecule is CC(C)(C)OC(=O)Cc1cc(F)ccc1NC(=O)c1ccc(N2CCCC(C(F)F)C2)c(N)c1. The number of nitrogens with two attached hydrogens (primary N) is 1. The molecule has 2 aromatic rings. The first kappa shape index (κ1) is 25.4. The molecule has 6 nitrogen and oxygen atoms in total. The van der Waals surface area contributed by atoms with Crippen LogP contribution >= 0.6 is 0 Å². The molecule has 3 N–H and O–H groups in total. The van der Waals surface area contributed by atoms with Gasteiger partial charge in [0, 0.05) is 30.3 Å². The van der Waals surface area contributed by atoms with Crippen molar-refractivity contribution in [2.45, 2.75) is 52.1 Å². The molecule has 1 atom stereocenters. The number of halogens is 3. The number of nitrogen functional groups attached to an aromatic ring is 1. The van der Waals surface area contributed by atoms with Crippen LogP contribution in [0.2, 0.25) is 0 Å². The lowest BCUT2D eigenvalue weighted by atomic mass is 9.97. The Morgan fingerprint density at radius 1 is 1.21 bits per heavy atom. The van der Waals surface area contributed by atoms with Crippen molar-refractivity contribution in [1.29, 1.82) is 0 Å². The summed E-state index contributed by atoms with van der Waals surface area (Å²) in [4.78, 5) is 26.9. The maximum absolute atomic E-state index is 13.8. The van der Waals surface area contributed by atoms with E-state index in [4.69, 9.17) is 10.5 Å². The van der Waals surface area contributed by atoms with Crippen LogP contribution in [0.25, 0.3) is 0 Å². The third kappa shape index (κ3) is 6.65. The second-order valence-electron chi connectivity index (χ2n) is 9.48. The van der Waals surface area contributed by atoms with Crippen molar-refractivity contribution in [3.05, 3.63) is 53.3 Å². The summed E-state index contributed by atoms with van der Waals surface area (Å²) in [5, 5.41) is 2.69. The van der Waals surface area contributed by atoms with Crippen LogP contribution in [0.1, 0.15) is 49.5 Å². The first-order valence-corrected chi connectivity index (χ1v) is 11.2. The van der Waals surface area contributed by atoms with E-state index in [0.29, 0.717) is 30.8 Å². The van der Waals surface area contributed by atoms with Gasteiger partial charge in [-0.05, 0) is 75.6 Å². The lowest BCUT2D eigenvalue weighted by Gasteiger charge is -2.34. The van der Waals surface area contributed by atoms with Crippen LogP contribution in [-0.2, 0) is 16.0 Å². The second-order valence-corrected chi connectivity index (χ2v) is 9.48. The summed E-state index contributed by atoms with van der Waals surface area (Å²) in [5.41, 5.74) is 7.17. The van der Waals surface area contributed by atoms with Crippen molar-refractivity contribution in [3.63, 3.8) is 0 Å². The smallest absolute Gasteiger partial charge is 0.310 e. The Morgan fingerprint density at radius 3 is 2.59 bits per heavy atom. The number of anilines is 3. The van der Waals surface area contributed by atoms with Crippen molar-refractivity contribution in [3.8, 4) is 0 Å². The van der Waals surface area contributed by atoms with Crippen LogP contribution in [-0.4, -0.2) is 37.0 Å². The molecular formula is C25H30F3N3O3. The highest BCUT2D eigenvalue weighted by atomic mass is 19.3. The normalized spacial score (nSPS) is 16.4. The lowest BCUT2D eigenvalue weighted by Crippen LogP contribution is -2.38. The van der Waals surface area contributed by atoms with Crippen LogP contribution in [0, 0.1) is 11.7 Å². The summed E-state index contributed by atoms with van der Waals surface area (Å²) in [7, 11) is 0. The monoisotopic (exact) mass is 477 g/mol. The van der Waals surface area contributed by atoms with Gasteiger partial charge >= 0.3 is 5.97 Å². The maximum Gasteiger partial charge on any atom is 0.310 e. The number of nitrogens with zero attached hydrogens (tertiary/aromatic N) is 1. The lowest BCUT2D eigenvalue weighted by molar-refractivity contribution is -0.153. The van der Waals surface area contributed by atoms with E-state index in [2.05, 4.69) is 5.32 Å². The average Bonchev–Trinajstić information content (AvgIpc) is 2.74. The molecule has 1 aliphatic rings. The highest BCUT2D eigenvalue weighted by molar-refractivity contribution is 6.06. The summed E-state index contributed by atoms with van der Waals surface area (Å²) in [6, 6.07) is 8.42. The minimum Gasteiger partial charge on any atom is -0.460 e. The fourth-order valence-electron chi connectivity index (χ4n) is 3.98. The van der Waals surface area contributed by atoms with Crippen LogP contribution < -0.4 is 16.0 Å². The Hall–Kier alpha value is -3.23. The number of amides is 1. The molecular weight excluding hydrogens is 447 g/mol. The van der Waals surface area contributed by atoms with Gasteiger partial charge in [0.1, 0.15) is 11.4 Å². The molecule has 1 aliphatic heterocycles. The molecule has 3 rings (SSSR count). The van der Waals surface area contributed by atoms with Gasteiger partial charge in [-0.25, -0.2) is 13.2 Å². The molecule has 9 heteroatoms. The molecule has 0 spiro atoms. The number of piperidine rings is 1. The number of hydrogen-bond acceptors (Lipinski definition) is 5. The van der Waals surface area contributed by atoms with Crippen molar-refractivity contribution in [2.24, 2.45) is 5.92 Å². The van der Waals surface area contributed by atoms with Gasteiger partial charge in [-0.3, -0.25) is 9.59 Å². The molecule has 34 heavy (non-hydrogen) atoms. The van der Waals surface area contributed by atoms with E-state index in [1.54, 1.807) is 32.9 Å². The van der Waals surface area contributed by atoms with Gasteiger partial charge in [-0.2, -0.15) is 0 Å². The fraction of sp³-hybridized carbons (Fsp3) is 0.440. The molecule has 0 aliphatic carbocycles. The summed E-state index contributed by atoms with van der Waals surface area (Å²) >= 11 is 0. The van der Waals surface area contributed by atoms with E-state index in [1.165, 1.54) is 24.3 Å². The molecule has 1 heterocycles. The summed E-state index contributed by atoms with van der Waals surface area (Å²) in [6.07, 6.45) is -1.49. The minimum atomic E-state index is -2.39. The van der Waals surface area contributed by atoms with Crippen molar-refractivity contribution in [1.82, 2.24) is 0 Å². The van der Waals surface area contributed by atoms with Crippen LogP contribution in [0.4, 0.5) is 30.2 Å². The third-order valence-electron chi connectivity index (χ3n) is 5.51. The molecule has 1 amide bonds. The summed E-state index contributed by atoms with van der Waals surface area (Å²) < 4.78 is 45.4. The topological polar surface area (TPSA) is 84.7 Å². The molecule has 0 radical (unpaired) electrons. The second kappa shape index (κ2) is 10.4. The fourth-order valence-corrected chi connectivity index (χ4v) is 3.98. The predicted octanol–water partition coefficient (Wildman–Crippen LogP) is 5.03. The number of hydrogen-bond donors (Lipinski definition) is 2. The maximum atomic E-state index is 13.8. The molecule has 1 fully saturated rings. The highest BCUT2D eigenvalue weighted by Gasteiger charge is 2.28. The van der Waals surface area contributed by atoms with E-state index in [0.717, 1.165) is 0 Å².